The minimum Gasteiger partial charge on any atom is -0.460 e. The van der Waals surface area contributed by atoms with Crippen LogP contribution in [0.1, 0.15) is 16.9 Å². The van der Waals surface area contributed by atoms with Crippen LogP contribution in [0, 0.1) is 0 Å². The molecule has 4 heteroatoms. The summed E-state index contributed by atoms with van der Waals surface area (Å²) in [5, 5.41) is 0.652. The molecule has 4 rings (SSSR count). The molecule has 116 valence electrons. The number of nitrogens with zero attached hydrogens (tertiary/aromatic N) is 1. The van der Waals surface area contributed by atoms with Crippen LogP contribution in [0.4, 0.5) is 0 Å². The molecule has 3 aromatic rings. The van der Waals surface area contributed by atoms with Gasteiger partial charge < -0.3 is 4.42 Å². The van der Waals surface area contributed by atoms with Crippen molar-refractivity contribution >= 4 is 26.9 Å². The molecule has 0 aliphatic carbocycles. The van der Waals surface area contributed by atoms with Gasteiger partial charge in [-0.05, 0) is 23.8 Å². The SMILES string of the molecule is O=c1c2c(oc3ccc(Br)cc13)CCN(Cc1ccccc1)C2. The Morgan fingerprint density at radius 3 is 2.78 bits per heavy atom. The maximum atomic E-state index is 12.8. The molecule has 2 aromatic carbocycles. The van der Waals surface area contributed by atoms with E-state index in [0.717, 1.165) is 35.3 Å². The van der Waals surface area contributed by atoms with Gasteiger partial charge in [0.25, 0.3) is 0 Å². The Morgan fingerprint density at radius 2 is 1.96 bits per heavy atom. The first kappa shape index (κ1) is 14.7. The molecule has 0 N–H and O–H groups in total. The lowest BCUT2D eigenvalue weighted by atomic mass is 10.0. The second-order valence-corrected chi connectivity index (χ2v) is 6.84. The molecule has 23 heavy (non-hydrogen) atoms. The Labute approximate surface area is 142 Å². The summed E-state index contributed by atoms with van der Waals surface area (Å²) in [6.07, 6.45) is 0.781. The Hall–Kier alpha value is -1.91. The predicted molar refractivity (Wildman–Crippen MR) is 94.4 cm³/mol. The summed E-state index contributed by atoms with van der Waals surface area (Å²) in [5.74, 6) is 0.842. The van der Waals surface area contributed by atoms with Gasteiger partial charge in [0.2, 0.25) is 0 Å². The van der Waals surface area contributed by atoms with E-state index in [1.165, 1.54) is 5.56 Å². The highest BCUT2D eigenvalue weighted by atomic mass is 79.9. The minimum atomic E-state index is 0.0975. The summed E-state index contributed by atoms with van der Waals surface area (Å²) >= 11 is 3.43. The quantitative estimate of drug-likeness (QED) is 0.681. The monoisotopic (exact) mass is 369 g/mol. The average molecular weight is 370 g/mol. The van der Waals surface area contributed by atoms with Crippen molar-refractivity contribution < 1.29 is 4.42 Å². The van der Waals surface area contributed by atoms with E-state index >= 15 is 0 Å². The van der Waals surface area contributed by atoms with Crippen molar-refractivity contribution in [3.63, 3.8) is 0 Å². The van der Waals surface area contributed by atoms with E-state index < -0.39 is 0 Å². The summed E-state index contributed by atoms with van der Waals surface area (Å²) in [6, 6.07) is 16.0. The zero-order valence-electron chi connectivity index (χ0n) is 12.6. The van der Waals surface area contributed by atoms with Gasteiger partial charge in [-0.3, -0.25) is 9.69 Å². The molecule has 3 nitrogen and oxygen atoms in total. The summed E-state index contributed by atoms with van der Waals surface area (Å²) < 4.78 is 6.87. The lowest BCUT2D eigenvalue weighted by Crippen LogP contribution is -2.33. The zero-order chi connectivity index (χ0) is 15.8. The third-order valence-electron chi connectivity index (χ3n) is 4.32. The highest BCUT2D eigenvalue weighted by Gasteiger charge is 2.22. The van der Waals surface area contributed by atoms with Crippen molar-refractivity contribution in [2.24, 2.45) is 0 Å². The van der Waals surface area contributed by atoms with E-state index in [-0.39, 0.29) is 5.43 Å². The van der Waals surface area contributed by atoms with Gasteiger partial charge in [0.05, 0.1) is 10.9 Å². The Kier molecular flexibility index (Phi) is 3.79. The first-order valence-corrected chi connectivity index (χ1v) is 8.50. The number of hydrogen-bond donors (Lipinski definition) is 0. The second-order valence-electron chi connectivity index (χ2n) is 5.92. The summed E-state index contributed by atoms with van der Waals surface area (Å²) in [4.78, 5) is 15.1. The third-order valence-corrected chi connectivity index (χ3v) is 4.81. The third kappa shape index (κ3) is 2.84. The van der Waals surface area contributed by atoms with E-state index in [1.54, 1.807) is 0 Å². The number of benzene rings is 2. The van der Waals surface area contributed by atoms with E-state index in [9.17, 15) is 4.79 Å². The summed E-state index contributed by atoms with van der Waals surface area (Å²) in [5.41, 5.74) is 2.84. The van der Waals surface area contributed by atoms with Gasteiger partial charge in [0.15, 0.2) is 5.43 Å². The molecule has 0 fully saturated rings. The van der Waals surface area contributed by atoms with E-state index in [0.29, 0.717) is 17.5 Å². The van der Waals surface area contributed by atoms with Crippen LogP contribution in [-0.2, 0) is 19.5 Å². The van der Waals surface area contributed by atoms with Crippen LogP contribution in [0.25, 0.3) is 11.0 Å². The maximum absolute atomic E-state index is 12.8. The highest BCUT2D eigenvalue weighted by Crippen LogP contribution is 2.24. The molecule has 0 saturated heterocycles. The van der Waals surface area contributed by atoms with Crippen LogP contribution >= 0.6 is 15.9 Å². The molecule has 1 aliphatic rings. The molecular weight excluding hydrogens is 354 g/mol. The first-order chi connectivity index (χ1) is 11.2. The highest BCUT2D eigenvalue weighted by molar-refractivity contribution is 9.10. The number of hydrogen-bond acceptors (Lipinski definition) is 3. The Balaban J connectivity index is 1.70. The molecule has 0 atom stereocenters. The molecule has 1 aromatic heterocycles. The van der Waals surface area contributed by atoms with Gasteiger partial charge in [0, 0.05) is 30.5 Å². The van der Waals surface area contributed by atoms with Gasteiger partial charge >= 0.3 is 0 Å². The molecular formula is C19H16BrNO2. The van der Waals surface area contributed by atoms with Crippen molar-refractivity contribution in [2.45, 2.75) is 19.5 Å². The van der Waals surface area contributed by atoms with Crippen LogP contribution in [0.5, 0.6) is 0 Å². The fourth-order valence-corrected chi connectivity index (χ4v) is 3.51. The smallest absolute Gasteiger partial charge is 0.197 e. The van der Waals surface area contributed by atoms with Gasteiger partial charge in [-0.15, -0.1) is 0 Å². The van der Waals surface area contributed by atoms with Crippen molar-refractivity contribution in [3.05, 3.63) is 80.1 Å². The molecule has 0 bridgehead atoms. The summed E-state index contributed by atoms with van der Waals surface area (Å²) in [6.45, 7) is 2.41. The average Bonchev–Trinajstić information content (AvgIpc) is 2.57. The summed E-state index contributed by atoms with van der Waals surface area (Å²) in [7, 11) is 0. The molecule has 0 radical (unpaired) electrons. The number of fused-ring (bicyclic) bond motifs is 2. The lowest BCUT2D eigenvalue weighted by molar-refractivity contribution is 0.230. The fourth-order valence-electron chi connectivity index (χ4n) is 3.15. The normalized spacial score (nSPS) is 14.8. The largest absolute Gasteiger partial charge is 0.460 e. The molecule has 1 aliphatic heterocycles. The van der Waals surface area contributed by atoms with Crippen LogP contribution < -0.4 is 5.43 Å². The molecule has 0 unspecified atom stereocenters. The number of rotatable bonds is 2. The van der Waals surface area contributed by atoms with Crippen molar-refractivity contribution in [2.75, 3.05) is 6.54 Å². The molecule has 2 heterocycles. The predicted octanol–water partition coefficient (Wildman–Crippen LogP) is 4.11. The molecule has 0 saturated carbocycles. The van der Waals surface area contributed by atoms with Crippen LogP contribution in [0.2, 0.25) is 0 Å². The Morgan fingerprint density at radius 1 is 1.13 bits per heavy atom. The molecule has 0 amide bonds. The number of halogens is 1. The molecule has 0 spiro atoms. The van der Waals surface area contributed by atoms with Crippen molar-refractivity contribution in [1.29, 1.82) is 0 Å². The lowest BCUT2D eigenvalue weighted by Gasteiger charge is -2.27. The standard InChI is InChI=1S/C19H16BrNO2/c20-14-6-7-17-15(10-14)19(22)16-12-21(9-8-18(16)23-17)11-13-4-2-1-3-5-13/h1-7,10H,8-9,11-12H2. The van der Waals surface area contributed by atoms with E-state index in [2.05, 4.69) is 33.0 Å². The van der Waals surface area contributed by atoms with Gasteiger partial charge in [0.1, 0.15) is 11.3 Å². The fraction of sp³-hybridized carbons (Fsp3) is 0.211. The second kappa shape index (κ2) is 5.95. The topological polar surface area (TPSA) is 33.5 Å². The van der Waals surface area contributed by atoms with Gasteiger partial charge in [-0.1, -0.05) is 46.3 Å². The zero-order valence-corrected chi connectivity index (χ0v) is 14.2. The maximum Gasteiger partial charge on any atom is 0.197 e. The van der Waals surface area contributed by atoms with Gasteiger partial charge in [-0.2, -0.15) is 0 Å². The van der Waals surface area contributed by atoms with Crippen molar-refractivity contribution in [3.8, 4) is 0 Å². The van der Waals surface area contributed by atoms with Crippen LogP contribution in [0.15, 0.2) is 62.2 Å². The van der Waals surface area contributed by atoms with Crippen LogP contribution in [0.3, 0.4) is 0 Å². The van der Waals surface area contributed by atoms with E-state index in [4.69, 9.17) is 4.42 Å². The van der Waals surface area contributed by atoms with Crippen LogP contribution in [-0.4, -0.2) is 11.4 Å². The Bertz CT molecular complexity index is 918. The van der Waals surface area contributed by atoms with Gasteiger partial charge in [-0.25, -0.2) is 0 Å². The first-order valence-electron chi connectivity index (χ1n) is 7.71. The van der Waals surface area contributed by atoms with Crippen molar-refractivity contribution in [1.82, 2.24) is 4.90 Å². The minimum absolute atomic E-state index is 0.0975. The van der Waals surface area contributed by atoms with E-state index in [1.807, 2.05) is 36.4 Å².